The van der Waals surface area contributed by atoms with Crippen LogP contribution in [0.4, 0.5) is 0 Å². The molecular weight excluding hydrogens is 368 g/mol. The molecule has 30 heavy (non-hydrogen) atoms. The van der Waals surface area contributed by atoms with E-state index in [-0.39, 0.29) is 0 Å². The molecule has 5 rings (SSSR count). The summed E-state index contributed by atoms with van der Waals surface area (Å²) in [5.41, 5.74) is 3.45. The summed E-state index contributed by atoms with van der Waals surface area (Å²) in [6.45, 7) is 0. The molecule has 0 saturated heterocycles. The lowest BCUT2D eigenvalue weighted by molar-refractivity contribution is 0.221. The molecule has 0 aliphatic carbocycles. The normalized spacial score (nSPS) is 13.4. The summed E-state index contributed by atoms with van der Waals surface area (Å²) in [7, 11) is 0. The van der Waals surface area contributed by atoms with Crippen LogP contribution in [-0.4, -0.2) is 10.2 Å². The SMILES string of the molecule is OC(c1ccccc1)c1c2ccccc2c(C(O)c2ccccc2)c2ccccc12. The molecule has 2 N–H and O–H groups in total. The molecule has 5 aromatic rings. The lowest BCUT2D eigenvalue weighted by Gasteiger charge is -2.23. The van der Waals surface area contributed by atoms with Crippen LogP contribution in [0.15, 0.2) is 109 Å². The maximum Gasteiger partial charge on any atom is 0.105 e. The summed E-state index contributed by atoms with van der Waals surface area (Å²) < 4.78 is 0. The highest BCUT2D eigenvalue weighted by Crippen LogP contribution is 2.41. The van der Waals surface area contributed by atoms with Gasteiger partial charge in [-0.3, -0.25) is 0 Å². The summed E-state index contributed by atoms with van der Waals surface area (Å²) in [5, 5.41) is 26.6. The molecule has 5 aromatic carbocycles. The Hall–Kier alpha value is -3.46. The number of hydrogen-bond acceptors (Lipinski definition) is 2. The summed E-state index contributed by atoms with van der Waals surface area (Å²) in [5.74, 6) is 0. The molecule has 0 spiro atoms. The van der Waals surface area contributed by atoms with Gasteiger partial charge in [0.05, 0.1) is 0 Å². The zero-order valence-corrected chi connectivity index (χ0v) is 16.4. The number of aliphatic hydroxyl groups excluding tert-OH is 2. The minimum atomic E-state index is -0.760. The topological polar surface area (TPSA) is 40.5 Å². The van der Waals surface area contributed by atoms with Crippen molar-refractivity contribution >= 4 is 21.5 Å². The molecule has 0 aliphatic heterocycles. The third-order valence-corrected chi connectivity index (χ3v) is 5.79. The Morgan fingerprint density at radius 2 is 0.633 bits per heavy atom. The van der Waals surface area contributed by atoms with Crippen molar-refractivity contribution in [1.29, 1.82) is 0 Å². The van der Waals surface area contributed by atoms with Gasteiger partial charge in [-0.05, 0) is 32.7 Å². The van der Waals surface area contributed by atoms with Crippen LogP contribution in [0.5, 0.6) is 0 Å². The average Bonchev–Trinajstić information content (AvgIpc) is 2.82. The second-order valence-corrected chi connectivity index (χ2v) is 7.54. The lowest BCUT2D eigenvalue weighted by atomic mass is 9.84. The van der Waals surface area contributed by atoms with Crippen LogP contribution in [0.1, 0.15) is 34.5 Å². The maximum absolute atomic E-state index is 11.4. The number of aliphatic hydroxyl groups is 2. The maximum atomic E-state index is 11.4. The first-order valence-electron chi connectivity index (χ1n) is 10.1. The van der Waals surface area contributed by atoms with E-state index >= 15 is 0 Å². The Labute approximate surface area is 175 Å². The fourth-order valence-electron chi connectivity index (χ4n) is 4.39. The Morgan fingerprint density at radius 1 is 0.367 bits per heavy atom. The standard InChI is InChI=1S/C28H22O2/c29-27(19-11-3-1-4-12-19)25-21-15-7-9-17-23(21)26(24-18-10-8-16-22(24)25)28(30)20-13-5-2-6-14-20/h1-18,27-30H. The Balaban J connectivity index is 1.86. The number of fused-ring (bicyclic) bond motifs is 2. The van der Waals surface area contributed by atoms with Crippen LogP contribution in [0.2, 0.25) is 0 Å². The zero-order chi connectivity index (χ0) is 20.5. The van der Waals surface area contributed by atoms with Crippen LogP contribution in [0.3, 0.4) is 0 Å². The van der Waals surface area contributed by atoms with E-state index in [2.05, 4.69) is 0 Å². The third kappa shape index (κ3) is 3.07. The predicted molar refractivity (Wildman–Crippen MR) is 122 cm³/mol. The second kappa shape index (κ2) is 7.75. The number of benzene rings is 5. The van der Waals surface area contributed by atoms with E-state index in [1.54, 1.807) is 0 Å². The van der Waals surface area contributed by atoms with Crippen molar-refractivity contribution in [2.24, 2.45) is 0 Å². The molecule has 0 aromatic heterocycles. The molecule has 146 valence electrons. The fraction of sp³-hybridized carbons (Fsp3) is 0.0714. The van der Waals surface area contributed by atoms with Crippen molar-refractivity contribution in [3.8, 4) is 0 Å². The molecule has 0 radical (unpaired) electrons. The molecule has 0 fully saturated rings. The largest absolute Gasteiger partial charge is 0.384 e. The summed E-state index contributed by atoms with van der Waals surface area (Å²) in [6.07, 6.45) is -1.52. The van der Waals surface area contributed by atoms with E-state index in [1.807, 2.05) is 109 Å². The Morgan fingerprint density at radius 3 is 0.933 bits per heavy atom. The summed E-state index contributed by atoms with van der Waals surface area (Å²) in [6, 6.07) is 35.5. The van der Waals surface area contributed by atoms with E-state index < -0.39 is 12.2 Å². The van der Waals surface area contributed by atoms with Crippen molar-refractivity contribution in [3.05, 3.63) is 131 Å². The van der Waals surface area contributed by atoms with Gasteiger partial charge in [0.25, 0.3) is 0 Å². The van der Waals surface area contributed by atoms with Gasteiger partial charge in [-0.15, -0.1) is 0 Å². The molecule has 2 nitrogen and oxygen atoms in total. The lowest BCUT2D eigenvalue weighted by Crippen LogP contribution is -2.07. The molecule has 0 bridgehead atoms. The minimum absolute atomic E-state index is 0.760. The number of hydrogen-bond donors (Lipinski definition) is 2. The summed E-state index contributed by atoms with van der Waals surface area (Å²) in [4.78, 5) is 0. The van der Waals surface area contributed by atoms with Gasteiger partial charge in [-0.25, -0.2) is 0 Å². The van der Waals surface area contributed by atoms with Crippen LogP contribution in [-0.2, 0) is 0 Å². The van der Waals surface area contributed by atoms with Crippen molar-refractivity contribution < 1.29 is 10.2 Å². The van der Waals surface area contributed by atoms with Crippen LogP contribution in [0, 0.1) is 0 Å². The van der Waals surface area contributed by atoms with Gasteiger partial charge in [-0.2, -0.15) is 0 Å². The van der Waals surface area contributed by atoms with E-state index in [9.17, 15) is 10.2 Å². The first-order valence-corrected chi connectivity index (χ1v) is 10.1. The highest BCUT2D eigenvalue weighted by molar-refractivity contribution is 6.07. The van der Waals surface area contributed by atoms with Crippen molar-refractivity contribution in [1.82, 2.24) is 0 Å². The zero-order valence-electron chi connectivity index (χ0n) is 16.4. The van der Waals surface area contributed by atoms with Crippen molar-refractivity contribution in [3.63, 3.8) is 0 Å². The Bertz CT molecular complexity index is 1150. The van der Waals surface area contributed by atoms with Crippen LogP contribution >= 0.6 is 0 Å². The predicted octanol–water partition coefficient (Wildman–Crippen LogP) is 6.16. The molecule has 0 saturated carbocycles. The van der Waals surface area contributed by atoms with E-state index in [0.717, 1.165) is 43.8 Å². The van der Waals surface area contributed by atoms with E-state index in [0.29, 0.717) is 0 Å². The van der Waals surface area contributed by atoms with Gasteiger partial charge in [0.1, 0.15) is 12.2 Å². The average molecular weight is 390 g/mol. The highest BCUT2D eigenvalue weighted by atomic mass is 16.3. The monoisotopic (exact) mass is 390 g/mol. The third-order valence-electron chi connectivity index (χ3n) is 5.79. The van der Waals surface area contributed by atoms with Crippen molar-refractivity contribution in [2.75, 3.05) is 0 Å². The van der Waals surface area contributed by atoms with E-state index in [4.69, 9.17) is 0 Å². The molecule has 0 amide bonds. The second-order valence-electron chi connectivity index (χ2n) is 7.54. The van der Waals surface area contributed by atoms with E-state index in [1.165, 1.54) is 0 Å². The van der Waals surface area contributed by atoms with Crippen molar-refractivity contribution in [2.45, 2.75) is 12.2 Å². The number of rotatable bonds is 4. The van der Waals surface area contributed by atoms with Gasteiger partial charge in [-0.1, -0.05) is 109 Å². The van der Waals surface area contributed by atoms with Gasteiger partial charge in [0, 0.05) is 11.1 Å². The quantitative estimate of drug-likeness (QED) is 0.361. The van der Waals surface area contributed by atoms with Gasteiger partial charge < -0.3 is 10.2 Å². The van der Waals surface area contributed by atoms with Gasteiger partial charge in [0.15, 0.2) is 0 Å². The molecule has 0 heterocycles. The first kappa shape index (κ1) is 18.6. The molecule has 0 aliphatic rings. The minimum Gasteiger partial charge on any atom is -0.384 e. The molecule has 2 unspecified atom stereocenters. The highest BCUT2D eigenvalue weighted by Gasteiger charge is 2.23. The van der Waals surface area contributed by atoms with Gasteiger partial charge >= 0.3 is 0 Å². The molecular formula is C28H22O2. The molecule has 2 atom stereocenters. The smallest absolute Gasteiger partial charge is 0.105 e. The Kier molecular flexibility index (Phi) is 4.80. The van der Waals surface area contributed by atoms with Crippen LogP contribution < -0.4 is 0 Å². The summed E-state index contributed by atoms with van der Waals surface area (Å²) >= 11 is 0. The fourth-order valence-corrected chi connectivity index (χ4v) is 4.39. The molecule has 2 heteroatoms. The van der Waals surface area contributed by atoms with Crippen LogP contribution in [0.25, 0.3) is 21.5 Å². The van der Waals surface area contributed by atoms with Gasteiger partial charge in [0.2, 0.25) is 0 Å². The first-order chi connectivity index (χ1) is 14.8.